The topological polar surface area (TPSA) is 26.3 Å². The molecule has 3 heteroatoms. The molecular formula is C27H30O2P+. The minimum atomic E-state index is -2.13. The Bertz CT molecular complexity index is 877. The molecule has 0 aliphatic rings. The fourth-order valence-corrected chi connectivity index (χ4v) is 7.87. The van der Waals surface area contributed by atoms with Gasteiger partial charge in [-0.15, -0.1) is 0 Å². The zero-order valence-corrected chi connectivity index (χ0v) is 18.9. The monoisotopic (exact) mass is 417 g/mol. The van der Waals surface area contributed by atoms with Crippen LogP contribution in [0.3, 0.4) is 0 Å². The zero-order chi connectivity index (χ0) is 21.6. The van der Waals surface area contributed by atoms with E-state index in [2.05, 4.69) is 79.4 Å². The molecule has 3 rings (SSSR count). The van der Waals surface area contributed by atoms with E-state index in [1.807, 2.05) is 39.0 Å². The van der Waals surface area contributed by atoms with Crippen LogP contribution in [0, 0.1) is 5.41 Å². The molecule has 3 aromatic rings. The predicted molar refractivity (Wildman–Crippen MR) is 129 cm³/mol. The number of carbonyl (C=O) groups excluding carboxylic acids is 1. The van der Waals surface area contributed by atoms with Gasteiger partial charge in [-0.05, 0) is 57.2 Å². The third kappa shape index (κ3) is 4.55. The molecule has 0 fully saturated rings. The van der Waals surface area contributed by atoms with Crippen molar-refractivity contribution in [2.24, 2.45) is 5.41 Å². The summed E-state index contributed by atoms with van der Waals surface area (Å²) in [4.78, 5) is 12.3. The van der Waals surface area contributed by atoms with E-state index in [1.165, 1.54) is 15.9 Å². The van der Waals surface area contributed by atoms with Gasteiger partial charge < -0.3 is 4.74 Å². The Labute approximate surface area is 181 Å². The van der Waals surface area contributed by atoms with E-state index >= 15 is 0 Å². The van der Waals surface area contributed by atoms with Crippen LogP contribution < -0.4 is 15.9 Å². The number of carbonyl (C=O) groups is 1. The van der Waals surface area contributed by atoms with E-state index in [0.717, 1.165) is 5.31 Å². The summed E-state index contributed by atoms with van der Waals surface area (Å²) in [5.41, 5.74) is -0.508. The molecule has 0 aliphatic heterocycles. The van der Waals surface area contributed by atoms with Crippen molar-refractivity contribution in [2.45, 2.75) is 27.2 Å². The van der Waals surface area contributed by atoms with Gasteiger partial charge in [0.05, 0.1) is 17.3 Å². The first-order valence-electron chi connectivity index (χ1n) is 10.3. The summed E-state index contributed by atoms with van der Waals surface area (Å²) in [5.74, 6) is -0.182. The highest BCUT2D eigenvalue weighted by Crippen LogP contribution is 2.62. The van der Waals surface area contributed by atoms with Crippen molar-refractivity contribution in [1.82, 2.24) is 0 Å². The minimum absolute atomic E-state index is 0.182. The largest absolute Gasteiger partial charge is 0.465 e. The molecule has 0 atom stereocenters. The van der Waals surface area contributed by atoms with E-state index in [-0.39, 0.29) is 5.97 Å². The Kier molecular flexibility index (Phi) is 6.90. The van der Waals surface area contributed by atoms with Crippen LogP contribution in [0.25, 0.3) is 0 Å². The van der Waals surface area contributed by atoms with Gasteiger partial charge in [0.2, 0.25) is 0 Å². The van der Waals surface area contributed by atoms with Gasteiger partial charge >= 0.3 is 5.97 Å². The highest BCUT2D eigenvalue weighted by molar-refractivity contribution is 7.99. The zero-order valence-electron chi connectivity index (χ0n) is 18.0. The van der Waals surface area contributed by atoms with Crippen LogP contribution in [-0.2, 0) is 9.53 Å². The molecule has 0 saturated carbocycles. The van der Waals surface area contributed by atoms with E-state index in [9.17, 15) is 4.79 Å². The molecule has 0 heterocycles. The second-order valence-electron chi connectivity index (χ2n) is 8.38. The fourth-order valence-electron chi connectivity index (χ4n) is 3.60. The Morgan fingerprint density at radius 2 is 1.13 bits per heavy atom. The summed E-state index contributed by atoms with van der Waals surface area (Å²) in [6.45, 7) is 10.5. The Morgan fingerprint density at radius 1 is 0.767 bits per heavy atom. The van der Waals surface area contributed by atoms with Crippen LogP contribution in [0.15, 0.2) is 103 Å². The summed E-state index contributed by atoms with van der Waals surface area (Å²) in [7, 11) is -2.13. The molecule has 0 spiro atoms. The number of rotatable bonds is 7. The second kappa shape index (κ2) is 9.41. The van der Waals surface area contributed by atoms with Crippen LogP contribution >= 0.6 is 7.26 Å². The van der Waals surface area contributed by atoms with Crippen molar-refractivity contribution in [3.05, 3.63) is 103 Å². The number of esters is 1. The maximum Gasteiger partial charge on any atom is 0.311 e. The van der Waals surface area contributed by atoms with E-state index in [4.69, 9.17) is 4.74 Å². The highest BCUT2D eigenvalue weighted by atomic mass is 31.2. The minimum Gasteiger partial charge on any atom is -0.465 e. The van der Waals surface area contributed by atoms with E-state index in [0.29, 0.717) is 13.0 Å². The maximum absolute atomic E-state index is 12.3. The Balaban J connectivity index is 2.07. The molecular weight excluding hydrogens is 387 g/mol. The third-order valence-electron chi connectivity index (χ3n) is 5.14. The summed E-state index contributed by atoms with van der Waals surface area (Å²) in [6.07, 6.45) is 0.619. The molecule has 0 unspecified atom stereocenters. The summed E-state index contributed by atoms with van der Waals surface area (Å²) in [5, 5.41) is 4.88. The SMILES string of the molecule is C=C(CCOC(=O)C(C)(C)C)[P+](c1ccccc1)(c1ccccc1)c1ccccc1. The molecule has 0 aliphatic carbocycles. The molecule has 0 bridgehead atoms. The van der Waals surface area contributed by atoms with Gasteiger partial charge in [0, 0.05) is 6.42 Å². The van der Waals surface area contributed by atoms with E-state index < -0.39 is 12.7 Å². The van der Waals surface area contributed by atoms with Crippen molar-refractivity contribution >= 4 is 29.1 Å². The Morgan fingerprint density at radius 3 is 1.47 bits per heavy atom. The normalized spacial score (nSPS) is 11.7. The van der Waals surface area contributed by atoms with Crippen LogP contribution in [-0.4, -0.2) is 12.6 Å². The number of benzene rings is 3. The van der Waals surface area contributed by atoms with Crippen LogP contribution in [0.1, 0.15) is 27.2 Å². The molecule has 0 N–H and O–H groups in total. The van der Waals surface area contributed by atoms with Crippen LogP contribution in [0.5, 0.6) is 0 Å². The molecule has 3 aromatic carbocycles. The third-order valence-corrected chi connectivity index (χ3v) is 9.53. The smallest absolute Gasteiger partial charge is 0.311 e. The summed E-state index contributed by atoms with van der Waals surface area (Å²) in [6, 6.07) is 31.8. The summed E-state index contributed by atoms with van der Waals surface area (Å²) >= 11 is 0. The second-order valence-corrected chi connectivity index (χ2v) is 11.9. The van der Waals surface area contributed by atoms with Crippen molar-refractivity contribution in [3.8, 4) is 0 Å². The molecule has 0 amide bonds. The van der Waals surface area contributed by atoms with Crippen molar-refractivity contribution in [2.75, 3.05) is 6.61 Å². The highest BCUT2D eigenvalue weighted by Gasteiger charge is 2.48. The molecule has 0 radical (unpaired) electrons. The van der Waals surface area contributed by atoms with Gasteiger partial charge in [-0.2, -0.15) is 0 Å². The number of ether oxygens (including phenoxy) is 1. The van der Waals surface area contributed by atoms with Gasteiger partial charge in [0.25, 0.3) is 0 Å². The lowest BCUT2D eigenvalue weighted by atomic mass is 9.97. The average molecular weight is 418 g/mol. The maximum atomic E-state index is 12.3. The average Bonchev–Trinajstić information content (AvgIpc) is 2.76. The van der Waals surface area contributed by atoms with Gasteiger partial charge in [0.15, 0.2) is 0 Å². The van der Waals surface area contributed by atoms with Crippen molar-refractivity contribution in [1.29, 1.82) is 0 Å². The molecule has 30 heavy (non-hydrogen) atoms. The van der Waals surface area contributed by atoms with Gasteiger partial charge in [-0.3, -0.25) is 4.79 Å². The van der Waals surface area contributed by atoms with Gasteiger partial charge in [-0.1, -0.05) is 61.2 Å². The van der Waals surface area contributed by atoms with Crippen molar-refractivity contribution < 1.29 is 9.53 Å². The summed E-state index contributed by atoms with van der Waals surface area (Å²) < 4.78 is 5.60. The Hall–Kier alpha value is -2.70. The molecule has 2 nitrogen and oxygen atoms in total. The lowest BCUT2D eigenvalue weighted by molar-refractivity contribution is -0.152. The molecule has 154 valence electrons. The van der Waals surface area contributed by atoms with Crippen molar-refractivity contribution in [3.63, 3.8) is 0 Å². The first-order chi connectivity index (χ1) is 14.4. The van der Waals surface area contributed by atoms with E-state index in [1.54, 1.807) is 0 Å². The predicted octanol–water partition coefficient (Wildman–Crippen LogP) is 5.47. The van der Waals surface area contributed by atoms with Gasteiger partial charge in [-0.25, -0.2) is 0 Å². The quantitative estimate of drug-likeness (QED) is 0.376. The number of hydrogen-bond donors (Lipinski definition) is 0. The lowest BCUT2D eigenvalue weighted by Crippen LogP contribution is -2.32. The first-order valence-corrected chi connectivity index (χ1v) is 12.1. The standard InChI is InChI=1S/C27H30O2P/c1-22(20-21-29-26(28)27(2,3)4)30(23-14-8-5-9-15-23,24-16-10-6-11-17-24)25-18-12-7-13-19-25/h5-19H,1,20-21H2,2-4H3/q+1. The molecule has 0 saturated heterocycles. The lowest BCUT2D eigenvalue weighted by Gasteiger charge is -2.29. The van der Waals surface area contributed by atoms with Gasteiger partial charge in [0.1, 0.15) is 23.2 Å². The van der Waals surface area contributed by atoms with Crippen LogP contribution in [0.4, 0.5) is 0 Å². The fraction of sp³-hybridized carbons (Fsp3) is 0.222. The van der Waals surface area contributed by atoms with Crippen LogP contribution in [0.2, 0.25) is 0 Å². The molecule has 0 aromatic heterocycles. The number of hydrogen-bond acceptors (Lipinski definition) is 2. The first kappa shape index (κ1) is 22.0.